The van der Waals surface area contributed by atoms with Gasteiger partial charge >= 0.3 is 0 Å². The first-order valence-corrected chi connectivity index (χ1v) is 11.9. The number of anilines is 1. The lowest BCUT2D eigenvalue weighted by Crippen LogP contribution is -2.52. The summed E-state index contributed by atoms with van der Waals surface area (Å²) in [5, 5.41) is 3.21. The van der Waals surface area contributed by atoms with Crippen molar-refractivity contribution >= 4 is 17.6 Å². The molecule has 0 atom stereocenters. The van der Waals surface area contributed by atoms with Gasteiger partial charge in [-0.3, -0.25) is 9.59 Å². The topological polar surface area (TPSA) is 88.3 Å². The average molecular weight is 435 g/mol. The summed E-state index contributed by atoms with van der Waals surface area (Å²) < 4.78 is 5.54. The molecule has 5 aliphatic rings. The fourth-order valence-electron chi connectivity index (χ4n) is 7.28. The Bertz CT molecular complexity index is 1070. The van der Waals surface area contributed by atoms with Crippen LogP contribution in [-0.2, 0) is 17.8 Å². The molecule has 4 fully saturated rings. The van der Waals surface area contributed by atoms with Crippen LogP contribution < -0.4 is 5.32 Å². The van der Waals surface area contributed by atoms with Crippen molar-refractivity contribution in [2.24, 2.45) is 23.2 Å². The maximum Gasteiger partial charge on any atom is 0.257 e. The summed E-state index contributed by atoms with van der Waals surface area (Å²) in [6.07, 6.45) is 9.18. The number of hydrogen-bond acceptors (Lipinski definition) is 5. The maximum absolute atomic E-state index is 13.5. The normalized spacial score (nSPS) is 30.3. The summed E-state index contributed by atoms with van der Waals surface area (Å²) in [7, 11) is 0. The highest BCUT2D eigenvalue weighted by molar-refractivity contribution is 5.96. The number of rotatable bonds is 3. The Kier molecular flexibility index (Phi) is 4.46. The number of amides is 2. The fraction of sp³-hybridized carbons (Fsp3) is 0.600. The summed E-state index contributed by atoms with van der Waals surface area (Å²) >= 11 is 0. The van der Waals surface area contributed by atoms with Gasteiger partial charge in [-0.2, -0.15) is 0 Å². The van der Waals surface area contributed by atoms with Crippen LogP contribution in [0.5, 0.6) is 0 Å². The lowest BCUT2D eigenvalue weighted by Gasteiger charge is -2.55. The third kappa shape index (κ3) is 3.16. The predicted molar refractivity (Wildman–Crippen MR) is 118 cm³/mol. The van der Waals surface area contributed by atoms with Gasteiger partial charge in [-0.15, -0.1) is 0 Å². The molecule has 168 valence electrons. The molecule has 0 spiro atoms. The Morgan fingerprint density at radius 2 is 1.78 bits per heavy atom. The van der Waals surface area contributed by atoms with Crippen LogP contribution in [0.3, 0.4) is 0 Å². The number of nitrogens with one attached hydrogen (secondary N) is 1. The number of aryl methyl sites for hydroxylation is 2. The highest BCUT2D eigenvalue weighted by Gasteiger charge is 2.54. The largest absolute Gasteiger partial charge is 0.466 e. The van der Waals surface area contributed by atoms with Crippen LogP contribution in [0, 0.1) is 37.0 Å². The van der Waals surface area contributed by atoms with Crippen LogP contribution in [0.4, 0.5) is 5.82 Å². The number of furan rings is 1. The molecule has 4 saturated carbocycles. The van der Waals surface area contributed by atoms with Crippen LogP contribution >= 0.6 is 0 Å². The van der Waals surface area contributed by atoms with Crippen molar-refractivity contribution in [1.82, 2.24) is 14.9 Å². The zero-order valence-corrected chi connectivity index (χ0v) is 18.8. The van der Waals surface area contributed by atoms with E-state index in [0.29, 0.717) is 36.7 Å². The van der Waals surface area contributed by atoms with Crippen LogP contribution in [0.2, 0.25) is 0 Å². The third-order valence-corrected chi connectivity index (χ3v) is 8.32. The van der Waals surface area contributed by atoms with E-state index >= 15 is 0 Å². The van der Waals surface area contributed by atoms with Crippen molar-refractivity contribution in [3.63, 3.8) is 0 Å². The molecule has 0 unspecified atom stereocenters. The molecule has 3 heterocycles. The van der Waals surface area contributed by atoms with Gasteiger partial charge < -0.3 is 14.6 Å². The van der Waals surface area contributed by atoms with Crippen molar-refractivity contribution in [3.8, 4) is 0 Å². The van der Waals surface area contributed by atoms with Gasteiger partial charge in [-0.25, -0.2) is 9.97 Å². The molecule has 1 aliphatic heterocycles. The first-order valence-electron chi connectivity index (χ1n) is 11.9. The van der Waals surface area contributed by atoms with Gasteiger partial charge in [-0.1, -0.05) is 0 Å². The molecular formula is C25H30N4O3. The number of carbonyl (C=O) groups is 2. The maximum atomic E-state index is 13.5. The number of fused-ring (bicyclic) bond motifs is 1. The van der Waals surface area contributed by atoms with Gasteiger partial charge in [0.1, 0.15) is 23.7 Å². The SMILES string of the molecule is Cc1cc(C(=O)N2CCc3c(ncnc3NC(=O)C34CC5CC(CC(C5)C3)C4)C2)c(C)o1. The first kappa shape index (κ1) is 19.9. The van der Waals surface area contributed by atoms with Gasteiger partial charge in [0, 0.05) is 12.1 Å². The molecule has 7 nitrogen and oxygen atoms in total. The Hall–Kier alpha value is -2.70. The van der Waals surface area contributed by atoms with E-state index < -0.39 is 0 Å². The first-order chi connectivity index (χ1) is 15.4. The molecule has 2 amide bonds. The second-order valence-electron chi connectivity index (χ2n) is 10.6. The molecular weight excluding hydrogens is 404 g/mol. The van der Waals surface area contributed by atoms with Crippen molar-refractivity contribution in [2.75, 3.05) is 11.9 Å². The molecule has 0 radical (unpaired) electrons. The Labute approximate surface area is 188 Å². The molecule has 4 aliphatic carbocycles. The Morgan fingerprint density at radius 3 is 2.41 bits per heavy atom. The molecule has 7 heteroatoms. The van der Waals surface area contributed by atoms with Gasteiger partial charge in [0.05, 0.1) is 23.2 Å². The van der Waals surface area contributed by atoms with Gasteiger partial charge in [-0.05, 0) is 82.6 Å². The predicted octanol–water partition coefficient (Wildman–Crippen LogP) is 4.04. The molecule has 2 aromatic rings. The van der Waals surface area contributed by atoms with Gasteiger partial charge in [0.2, 0.25) is 5.91 Å². The highest BCUT2D eigenvalue weighted by atomic mass is 16.3. The van der Waals surface area contributed by atoms with E-state index in [0.717, 1.165) is 54.0 Å². The van der Waals surface area contributed by atoms with Crippen LogP contribution in [0.1, 0.15) is 71.7 Å². The molecule has 7 rings (SSSR count). The van der Waals surface area contributed by atoms with E-state index in [1.807, 2.05) is 13.8 Å². The van der Waals surface area contributed by atoms with E-state index in [9.17, 15) is 9.59 Å². The van der Waals surface area contributed by atoms with Crippen molar-refractivity contribution in [3.05, 3.63) is 40.7 Å². The van der Waals surface area contributed by atoms with Gasteiger partial charge in [0.15, 0.2) is 0 Å². The Morgan fingerprint density at radius 1 is 1.09 bits per heavy atom. The minimum Gasteiger partial charge on any atom is -0.466 e. The van der Waals surface area contributed by atoms with E-state index in [-0.39, 0.29) is 17.2 Å². The number of hydrogen-bond donors (Lipinski definition) is 1. The van der Waals surface area contributed by atoms with E-state index in [4.69, 9.17) is 4.42 Å². The molecule has 32 heavy (non-hydrogen) atoms. The summed E-state index contributed by atoms with van der Waals surface area (Å²) in [6, 6.07) is 1.80. The lowest BCUT2D eigenvalue weighted by molar-refractivity contribution is -0.140. The van der Waals surface area contributed by atoms with Crippen LogP contribution in [0.25, 0.3) is 0 Å². The molecule has 0 saturated heterocycles. The molecule has 2 aromatic heterocycles. The van der Waals surface area contributed by atoms with Crippen molar-refractivity contribution in [2.45, 2.75) is 65.3 Å². The summed E-state index contributed by atoms with van der Waals surface area (Å²) in [5.74, 6) is 4.30. The van der Waals surface area contributed by atoms with E-state index in [1.165, 1.54) is 25.6 Å². The molecule has 1 N–H and O–H groups in total. The number of aromatic nitrogens is 2. The fourth-order valence-corrected chi connectivity index (χ4v) is 7.28. The minimum absolute atomic E-state index is 0.0391. The number of nitrogens with zero attached hydrogens (tertiary/aromatic N) is 3. The second-order valence-corrected chi connectivity index (χ2v) is 10.6. The van der Waals surface area contributed by atoms with E-state index in [2.05, 4.69) is 15.3 Å². The molecule has 0 aromatic carbocycles. The monoisotopic (exact) mass is 434 g/mol. The lowest BCUT2D eigenvalue weighted by atomic mass is 9.49. The molecule has 4 bridgehead atoms. The average Bonchev–Trinajstić information content (AvgIpc) is 3.10. The van der Waals surface area contributed by atoms with Crippen LogP contribution in [-0.4, -0.2) is 33.2 Å². The summed E-state index contributed by atoms with van der Waals surface area (Å²) in [6.45, 7) is 4.66. The van der Waals surface area contributed by atoms with Crippen molar-refractivity contribution in [1.29, 1.82) is 0 Å². The van der Waals surface area contributed by atoms with Crippen LogP contribution in [0.15, 0.2) is 16.8 Å². The zero-order valence-electron chi connectivity index (χ0n) is 18.8. The van der Waals surface area contributed by atoms with E-state index in [1.54, 1.807) is 11.0 Å². The van der Waals surface area contributed by atoms with Crippen molar-refractivity contribution < 1.29 is 14.0 Å². The third-order valence-electron chi connectivity index (χ3n) is 8.32. The summed E-state index contributed by atoms with van der Waals surface area (Å²) in [4.78, 5) is 37.2. The Balaban J connectivity index is 1.21. The van der Waals surface area contributed by atoms with Gasteiger partial charge in [0.25, 0.3) is 5.91 Å². The quantitative estimate of drug-likeness (QED) is 0.788. The zero-order chi connectivity index (χ0) is 22.0. The standard InChI is InChI=1S/C25H30N4O3/c1-14-5-20(15(2)32-14)23(30)29-4-3-19-21(12-29)26-13-27-22(19)28-24(31)25-9-16-6-17(10-25)8-18(7-16)11-25/h5,13,16-18H,3-4,6-12H2,1-2H3,(H,26,27,28,31). The highest BCUT2D eigenvalue weighted by Crippen LogP contribution is 2.60. The summed E-state index contributed by atoms with van der Waals surface area (Å²) in [5.41, 5.74) is 2.18. The second kappa shape index (κ2) is 7.15. The number of carbonyl (C=O) groups excluding carboxylic acids is 2. The smallest absolute Gasteiger partial charge is 0.257 e. The minimum atomic E-state index is -0.208.